The highest BCUT2D eigenvalue weighted by atomic mass is 19.2. The van der Waals surface area contributed by atoms with Crippen molar-refractivity contribution in [2.45, 2.75) is 26.1 Å². The third-order valence-corrected chi connectivity index (χ3v) is 2.01. The Kier molecular flexibility index (Phi) is 4.32. The van der Waals surface area contributed by atoms with Crippen molar-refractivity contribution in [2.75, 3.05) is 6.61 Å². The van der Waals surface area contributed by atoms with Crippen LogP contribution in [0.3, 0.4) is 0 Å². The summed E-state index contributed by atoms with van der Waals surface area (Å²) in [6.45, 7) is 3.32. The Bertz CT molecular complexity index is 366. The predicted octanol–water partition coefficient (Wildman–Crippen LogP) is 2.56. The van der Waals surface area contributed by atoms with Crippen LogP contribution in [0.1, 0.15) is 25.5 Å². The highest BCUT2D eigenvalue weighted by molar-refractivity contribution is 5.22. The molecular formula is C11H13F3O2. The zero-order valence-corrected chi connectivity index (χ0v) is 9.01. The van der Waals surface area contributed by atoms with Gasteiger partial charge in [-0.1, -0.05) is 6.07 Å². The Morgan fingerprint density at radius 2 is 1.81 bits per heavy atom. The van der Waals surface area contributed by atoms with Crippen LogP contribution in [0.5, 0.6) is 0 Å². The normalized spacial score (nSPS) is 13.2. The van der Waals surface area contributed by atoms with Crippen molar-refractivity contribution in [3.8, 4) is 0 Å². The fourth-order valence-corrected chi connectivity index (χ4v) is 1.17. The lowest BCUT2D eigenvalue weighted by Crippen LogP contribution is -2.14. The minimum absolute atomic E-state index is 0.136. The summed E-state index contributed by atoms with van der Waals surface area (Å²) in [7, 11) is 0. The first-order valence-corrected chi connectivity index (χ1v) is 4.86. The van der Waals surface area contributed by atoms with E-state index in [-0.39, 0.29) is 18.3 Å². The van der Waals surface area contributed by atoms with Gasteiger partial charge in [-0.15, -0.1) is 0 Å². The SMILES string of the molecule is CC(C)OCC(O)c1ccc(F)c(F)c1F. The molecule has 0 spiro atoms. The van der Waals surface area contributed by atoms with E-state index in [2.05, 4.69) is 0 Å². The second-order valence-electron chi connectivity index (χ2n) is 3.66. The molecule has 1 atom stereocenters. The van der Waals surface area contributed by atoms with Crippen molar-refractivity contribution in [2.24, 2.45) is 0 Å². The maximum absolute atomic E-state index is 13.2. The van der Waals surface area contributed by atoms with Crippen molar-refractivity contribution < 1.29 is 23.0 Å². The topological polar surface area (TPSA) is 29.5 Å². The fourth-order valence-electron chi connectivity index (χ4n) is 1.17. The standard InChI is InChI=1S/C11H13F3O2/c1-6(2)16-5-9(15)7-3-4-8(12)11(14)10(7)13/h3-4,6,9,15H,5H2,1-2H3. The van der Waals surface area contributed by atoms with E-state index >= 15 is 0 Å². The fraction of sp³-hybridized carbons (Fsp3) is 0.455. The monoisotopic (exact) mass is 234 g/mol. The van der Waals surface area contributed by atoms with Gasteiger partial charge in [-0.2, -0.15) is 0 Å². The van der Waals surface area contributed by atoms with E-state index in [1.54, 1.807) is 13.8 Å². The van der Waals surface area contributed by atoms with Crippen molar-refractivity contribution in [1.29, 1.82) is 0 Å². The first-order valence-electron chi connectivity index (χ1n) is 4.86. The van der Waals surface area contributed by atoms with Crippen molar-refractivity contribution in [3.05, 3.63) is 35.1 Å². The summed E-state index contributed by atoms with van der Waals surface area (Å²) in [4.78, 5) is 0. The molecule has 0 radical (unpaired) electrons. The van der Waals surface area contributed by atoms with Crippen LogP contribution in [0.15, 0.2) is 12.1 Å². The van der Waals surface area contributed by atoms with E-state index in [1.165, 1.54) is 0 Å². The van der Waals surface area contributed by atoms with Gasteiger partial charge >= 0.3 is 0 Å². The number of ether oxygens (including phenoxy) is 1. The smallest absolute Gasteiger partial charge is 0.194 e. The molecule has 16 heavy (non-hydrogen) atoms. The highest BCUT2D eigenvalue weighted by Crippen LogP contribution is 2.21. The van der Waals surface area contributed by atoms with Crippen LogP contribution in [-0.2, 0) is 4.74 Å². The molecule has 0 bridgehead atoms. The number of aliphatic hydroxyl groups is 1. The lowest BCUT2D eigenvalue weighted by Gasteiger charge is -2.14. The van der Waals surface area contributed by atoms with E-state index in [4.69, 9.17) is 4.74 Å². The number of hydrogen-bond acceptors (Lipinski definition) is 2. The quantitative estimate of drug-likeness (QED) is 0.811. The van der Waals surface area contributed by atoms with E-state index in [0.29, 0.717) is 0 Å². The molecule has 1 rings (SSSR count). The van der Waals surface area contributed by atoms with Gasteiger partial charge in [0.25, 0.3) is 0 Å². The summed E-state index contributed by atoms with van der Waals surface area (Å²) >= 11 is 0. The van der Waals surface area contributed by atoms with E-state index in [1.807, 2.05) is 0 Å². The molecule has 0 aliphatic heterocycles. The molecule has 90 valence electrons. The van der Waals surface area contributed by atoms with Gasteiger partial charge in [0.05, 0.1) is 12.7 Å². The maximum atomic E-state index is 13.2. The van der Waals surface area contributed by atoms with Gasteiger partial charge in [0.15, 0.2) is 17.5 Å². The van der Waals surface area contributed by atoms with Crippen LogP contribution < -0.4 is 0 Å². The Morgan fingerprint density at radius 1 is 1.19 bits per heavy atom. The molecule has 0 heterocycles. The molecule has 5 heteroatoms. The number of rotatable bonds is 4. The minimum atomic E-state index is -1.58. The molecule has 2 nitrogen and oxygen atoms in total. The molecule has 1 aromatic carbocycles. The van der Waals surface area contributed by atoms with E-state index in [9.17, 15) is 18.3 Å². The second kappa shape index (κ2) is 5.32. The summed E-state index contributed by atoms with van der Waals surface area (Å²) < 4.78 is 43.7. The van der Waals surface area contributed by atoms with Crippen molar-refractivity contribution in [1.82, 2.24) is 0 Å². The zero-order valence-electron chi connectivity index (χ0n) is 9.01. The Morgan fingerprint density at radius 3 is 2.38 bits per heavy atom. The van der Waals surface area contributed by atoms with Gasteiger partial charge in [-0.3, -0.25) is 0 Å². The van der Waals surface area contributed by atoms with Crippen LogP contribution in [0, 0.1) is 17.5 Å². The van der Waals surface area contributed by atoms with Crippen molar-refractivity contribution in [3.63, 3.8) is 0 Å². The molecule has 0 fully saturated rings. The summed E-state index contributed by atoms with van der Waals surface area (Å²) in [6, 6.07) is 1.77. The molecular weight excluding hydrogens is 221 g/mol. The summed E-state index contributed by atoms with van der Waals surface area (Å²) in [5.41, 5.74) is -0.306. The third kappa shape index (κ3) is 2.96. The minimum Gasteiger partial charge on any atom is -0.386 e. The first kappa shape index (κ1) is 13.0. The molecule has 1 aromatic rings. The summed E-state index contributed by atoms with van der Waals surface area (Å²) in [5.74, 6) is -4.24. The number of halogens is 3. The molecule has 0 aliphatic rings. The van der Waals surface area contributed by atoms with Crippen LogP contribution in [0.4, 0.5) is 13.2 Å². The molecule has 1 N–H and O–H groups in total. The first-order chi connectivity index (χ1) is 7.43. The van der Waals surface area contributed by atoms with Crippen LogP contribution in [0.25, 0.3) is 0 Å². The van der Waals surface area contributed by atoms with Gasteiger partial charge in [0.1, 0.15) is 6.10 Å². The molecule has 0 saturated carbocycles. The highest BCUT2D eigenvalue weighted by Gasteiger charge is 2.19. The molecule has 0 aliphatic carbocycles. The van der Waals surface area contributed by atoms with E-state index < -0.39 is 23.6 Å². The average molecular weight is 234 g/mol. The summed E-state index contributed by atoms with van der Waals surface area (Å²) in [6.07, 6.45) is -1.44. The predicted molar refractivity (Wildman–Crippen MR) is 52.4 cm³/mol. The van der Waals surface area contributed by atoms with Crippen LogP contribution >= 0.6 is 0 Å². The number of aliphatic hydroxyl groups excluding tert-OH is 1. The second-order valence-corrected chi connectivity index (χ2v) is 3.66. The van der Waals surface area contributed by atoms with E-state index in [0.717, 1.165) is 12.1 Å². The molecule has 0 amide bonds. The number of hydrogen-bond donors (Lipinski definition) is 1. The Labute approximate surface area is 91.7 Å². The maximum Gasteiger partial charge on any atom is 0.194 e. The molecule has 0 saturated heterocycles. The Hall–Kier alpha value is -1.07. The van der Waals surface area contributed by atoms with Crippen molar-refractivity contribution >= 4 is 0 Å². The van der Waals surface area contributed by atoms with Gasteiger partial charge in [0, 0.05) is 5.56 Å². The lowest BCUT2D eigenvalue weighted by atomic mass is 10.1. The van der Waals surface area contributed by atoms with Crippen LogP contribution in [0.2, 0.25) is 0 Å². The number of benzene rings is 1. The van der Waals surface area contributed by atoms with Crippen LogP contribution in [-0.4, -0.2) is 17.8 Å². The largest absolute Gasteiger partial charge is 0.386 e. The summed E-state index contributed by atoms with van der Waals surface area (Å²) in [5, 5.41) is 9.51. The third-order valence-electron chi connectivity index (χ3n) is 2.01. The van der Waals surface area contributed by atoms with Gasteiger partial charge < -0.3 is 9.84 Å². The van der Waals surface area contributed by atoms with Gasteiger partial charge in [-0.25, -0.2) is 13.2 Å². The average Bonchev–Trinajstić information content (AvgIpc) is 2.23. The molecule has 0 aromatic heterocycles. The van der Waals surface area contributed by atoms with Gasteiger partial charge in [-0.05, 0) is 19.9 Å². The zero-order chi connectivity index (χ0) is 12.3. The lowest BCUT2D eigenvalue weighted by molar-refractivity contribution is 0.00330. The van der Waals surface area contributed by atoms with Gasteiger partial charge in [0.2, 0.25) is 0 Å². The molecule has 1 unspecified atom stereocenters. The Balaban J connectivity index is 2.84.